The molecular weight excluding hydrogens is 205 g/mol. The molecule has 0 aromatic heterocycles. The first kappa shape index (κ1) is 9.74. The molecule has 1 aliphatic heterocycles. The van der Waals surface area contributed by atoms with E-state index in [1.807, 2.05) is 0 Å². The first-order valence-corrected chi connectivity index (χ1v) is 4.96. The van der Waals surface area contributed by atoms with E-state index in [0.717, 1.165) is 19.5 Å². The fraction of sp³-hybridized carbons (Fsp3) is 0.400. The molecule has 0 aliphatic carbocycles. The van der Waals surface area contributed by atoms with Crippen molar-refractivity contribution in [2.24, 2.45) is 0 Å². The van der Waals surface area contributed by atoms with E-state index in [2.05, 4.69) is 5.32 Å². The molecule has 1 N–H and O–H groups in total. The Kier molecular flexibility index (Phi) is 2.89. The number of rotatable bonds is 2. The van der Waals surface area contributed by atoms with Crippen molar-refractivity contribution in [3.63, 3.8) is 0 Å². The van der Waals surface area contributed by atoms with Crippen LogP contribution in [-0.2, 0) is 0 Å². The molecular formula is C10H11ClFNO. The molecule has 1 atom stereocenters. The molecule has 1 saturated heterocycles. The van der Waals surface area contributed by atoms with Crippen LogP contribution in [0.15, 0.2) is 18.2 Å². The number of hydrogen-bond donors (Lipinski definition) is 1. The Hall–Kier alpha value is -0.800. The van der Waals surface area contributed by atoms with Crippen molar-refractivity contribution in [1.29, 1.82) is 0 Å². The zero-order chi connectivity index (χ0) is 9.97. The fourth-order valence-corrected chi connectivity index (χ4v) is 1.64. The van der Waals surface area contributed by atoms with E-state index in [0.29, 0.717) is 5.02 Å². The first-order chi connectivity index (χ1) is 6.75. The van der Waals surface area contributed by atoms with Gasteiger partial charge in [0.15, 0.2) is 11.6 Å². The van der Waals surface area contributed by atoms with Crippen LogP contribution < -0.4 is 10.1 Å². The maximum atomic E-state index is 13.3. The van der Waals surface area contributed by atoms with Crippen molar-refractivity contribution in [3.05, 3.63) is 29.0 Å². The van der Waals surface area contributed by atoms with Crippen molar-refractivity contribution in [1.82, 2.24) is 5.32 Å². The van der Waals surface area contributed by atoms with Gasteiger partial charge in [-0.15, -0.1) is 0 Å². The van der Waals surface area contributed by atoms with Gasteiger partial charge >= 0.3 is 0 Å². The highest BCUT2D eigenvalue weighted by Crippen LogP contribution is 2.22. The molecule has 1 fully saturated rings. The molecule has 1 aliphatic rings. The summed E-state index contributed by atoms with van der Waals surface area (Å²) in [6.07, 6.45) is 0.993. The Labute approximate surface area is 87.0 Å². The summed E-state index contributed by atoms with van der Waals surface area (Å²) in [5, 5.41) is 3.54. The van der Waals surface area contributed by atoms with E-state index in [1.54, 1.807) is 12.1 Å². The predicted octanol–water partition coefficient (Wildman–Crippen LogP) is 2.22. The average Bonchev–Trinajstić information content (AvgIpc) is 2.62. The predicted molar refractivity (Wildman–Crippen MR) is 53.3 cm³/mol. The van der Waals surface area contributed by atoms with Gasteiger partial charge in [-0.05, 0) is 31.2 Å². The van der Waals surface area contributed by atoms with Gasteiger partial charge in [0.2, 0.25) is 0 Å². The Morgan fingerprint density at radius 2 is 2.36 bits per heavy atom. The second-order valence-electron chi connectivity index (χ2n) is 3.31. The molecule has 2 rings (SSSR count). The third-order valence-electron chi connectivity index (χ3n) is 2.20. The van der Waals surface area contributed by atoms with E-state index in [-0.39, 0.29) is 11.9 Å². The molecule has 14 heavy (non-hydrogen) atoms. The van der Waals surface area contributed by atoms with E-state index in [4.69, 9.17) is 16.3 Å². The maximum absolute atomic E-state index is 13.3. The molecule has 0 unspecified atom stereocenters. The van der Waals surface area contributed by atoms with E-state index < -0.39 is 5.82 Å². The fourth-order valence-electron chi connectivity index (χ4n) is 1.48. The van der Waals surface area contributed by atoms with Gasteiger partial charge in [0.25, 0.3) is 0 Å². The first-order valence-electron chi connectivity index (χ1n) is 4.58. The Balaban J connectivity index is 2.08. The minimum Gasteiger partial charge on any atom is -0.486 e. The van der Waals surface area contributed by atoms with Gasteiger partial charge in [-0.1, -0.05) is 11.6 Å². The summed E-state index contributed by atoms with van der Waals surface area (Å²) in [7, 11) is 0. The molecule has 0 bridgehead atoms. The molecule has 76 valence electrons. The number of benzene rings is 1. The zero-order valence-corrected chi connectivity index (χ0v) is 8.35. The zero-order valence-electron chi connectivity index (χ0n) is 7.59. The third kappa shape index (κ3) is 2.16. The lowest BCUT2D eigenvalue weighted by Crippen LogP contribution is -2.20. The Morgan fingerprint density at radius 1 is 1.50 bits per heavy atom. The van der Waals surface area contributed by atoms with Crippen LogP contribution >= 0.6 is 11.6 Å². The van der Waals surface area contributed by atoms with Gasteiger partial charge < -0.3 is 10.1 Å². The lowest BCUT2D eigenvalue weighted by molar-refractivity contribution is 0.213. The van der Waals surface area contributed by atoms with Crippen molar-refractivity contribution in [2.75, 3.05) is 13.1 Å². The van der Waals surface area contributed by atoms with Gasteiger partial charge in [-0.2, -0.15) is 0 Å². The van der Waals surface area contributed by atoms with Crippen LogP contribution in [0.4, 0.5) is 4.39 Å². The Bertz CT molecular complexity index is 326. The third-order valence-corrected chi connectivity index (χ3v) is 2.44. The van der Waals surface area contributed by atoms with Gasteiger partial charge in [0, 0.05) is 11.6 Å². The van der Waals surface area contributed by atoms with Gasteiger partial charge in [0.1, 0.15) is 6.10 Å². The maximum Gasteiger partial charge on any atom is 0.166 e. The highest BCUT2D eigenvalue weighted by molar-refractivity contribution is 6.30. The number of hydrogen-bond acceptors (Lipinski definition) is 2. The topological polar surface area (TPSA) is 21.3 Å². The van der Waals surface area contributed by atoms with Crippen molar-refractivity contribution >= 4 is 11.6 Å². The molecule has 0 amide bonds. The summed E-state index contributed by atoms with van der Waals surface area (Å²) in [4.78, 5) is 0. The van der Waals surface area contributed by atoms with Crippen LogP contribution in [-0.4, -0.2) is 19.2 Å². The van der Waals surface area contributed by atoms with Crippen LogP contribution in [0.1, 0.15) is 6.42 Å². The molecule has 1 aromatic carbocycles. The van der Waals surface area contributed by atoms with Crippen LogP contribution in [0, 0.1) is 5.82 Å². The van der Waals surface area contributed by atoms with Crippen LogP contribution in [0.5, 0.6) is 5.75 Å². The normalized spacial score (nSPS) is 21.1. The second-order valence-corrected chi connectivity index (χ2v) is 3.74. The summed E-state index contributed by atoms with van der Waals surface area (Å²) in [6.45, 7) is 1.71. The van der Waals surface area contributed by atoms with Crippen LogP contribution in [0.2, 0.25) is 5.02 Å². The van der Waals surface area contributed by atoms with Gasteiger partial charge in [-0.3, -0.25) is 0 Å². The van der Waals surface area contributed by atoms with Crippen LogP contribution in [0.3, 0.4) is 0 Å². The highest BCUT2D eigenvalue weighted by atomic mass is 35.5. The molecule has 0 saturated carbocycles. The minimum atomic E-state index is -0.399. The van der Waals surface area contributed by atoms with Crippen molar-refractivity contribution in [3.8, 4) is 5.75 Å². The largest absolute Gasteiger partial charge is 0.486 e. The SMILES string of the molecule is Fc1cc(Cl)ccc1O[C@@H]1CCNC1. The summed E-state index contributed by atoms with van der Waals surface area (Å²) in [5.74, 6) is -0.118. The molecule has 1 aromatic rings. The highest BCUT2D eigenvalue weighted by Gasteiger charge is 2.17. The minimum absolute atomic E-state index is 0.0747. The molecule has 0 radical (unpaired) electrons. The monoisotopic (exact) mass is 215 g/mol. The van der Waals surface area contributed by atoms with E-state index >= 15 is 0 Å². The lowest BCUT2D eigenvalue weighted by Gasteiger charge is -2.12. The summed E-state index contributed by atoms with van der Waals surface area (Å²) in [5.41, 5.74) is 0. The lowest BCUT2D eigenvalue weighted by atomic mass is 10.3. The smallest absolute Gasteiger partial charge is 0.166 e. The number of ether oxygens (including phenoxy) is 1. The van der Waals surface area contributed by atoms with Crippen LogP contribution in [0.25, 0.3) is 0 Å². The summed E-state index contributed by atoms with van der Waals surface area (Å²) in [6, 6.07) is 4.46. The standard InChI is InChI=1S/C10H11ClFNO/c11-7-1-2-10(9(12)5-7)14-8-3-4-13-6-8/h1-2,5,8,13H,3-4,6H2/t8-/m1/s1. The van der Waals surface area contributed by atoms with Gasteiger partial charge in [-0.25, -0.2) is 4.39 Å². The number of nitrogens with one attached hydrogen (secondary N) is 1. The summed E-state index contributed by atoms with van der Waals surface area (Å²) >= 11 is 5.63. The molecule has 2 nitrogen and oxygen atoms in total. The molecule has 0 spiro atoms. The summed E-state index contributed by atoms with van der Waals surface area (Å²) < 4.78 is 18.7. The molecule has 4 heteroatoms. The Morgan fingerprint density at radius 3 is 3.00 bits per heavy atom. The average molecular weight is 216 g/mol. The van der Waals surface area contributed by atoms with Crippen molar-refractivity contribution < 1.29 is 9.13 Å². The van der Waals surface area contributed by atoms with Gasteiger partial charge in [0.05, 0.1) is 0 Å². The van der Waals surface area contributed by atoms with E-state index in [1.165, 1.54) is 6.07 Å². The quantitative estimate of drug-likeness (QED) is 0.817. The van der Waals surface area contributed by atoms with Crippen molar-refractivity contribution in [2.45, 2.75) is 12.5 Å². The second kappa shape index (κ2) is 4.15. The number of halogens is 2. The van der Waals surface area contributed by atoms with E-state index in [9.17, 15) is 4.39 Å². The molecule has 1 heterocycles.